The van der Waals surface area contributed by atoms with Gasteiger partial charge < -0.3 is 22.1 Å². The van der Waals surface area contributed by atoms with Crippen molar-refractivity contribution in [2.24, 2.45) is 0 Å². The van der Waals surface area contributed by atoms with Gasteiger partial charge in [-0.15, -0.1) is 0 Å². The van der Waals surface area contributed by atoms with Gasteiger partial charge in [-0.2, -0.15) is 0 Å². The Balaban J connectivity index is 1.67. The normalized spacial score (nSPS) is 10.4. The molecular formula is C20H16Cl2N4O2. The zero-order chi connectivity index (χ0) is 20.3. The van der Waals surface area contributed by atoms with Crippen LogP contribution in [0.5, 0.6) is 0 Å². The topological polar surface area (TPSA) is 110 Å². The number of rotatable bonds is 4. The minimum Gasteiger partial charge on any atom is -0.397 e. The SMILES string of the molecule is Nc1cc(NC(=O)c2ccc(C(=O)Nc3ccc(Cl)c(N)c3)cc2)ccc1Cl. The molecule has 0 aliphatic heterocycles. The number of amides is 2. The van der Waals surface area contributed by atoms with Crippen LogP contribution in [-0.2, 0) is 0 Å². The average Bonchev–Trinajstić information content (AvgIpc) is 2.67. The number of nitrogens with one attached hydrogen (secondary N) is 2. The van der Waals surface area contributed by atoms with Crippen molar-refractivity contribution in [3.8, 4) is 0 Å². The maximum atomic E-state index is 12.3. The summed E-state index contributed by atoms with van der Waals surface area (Å²) in [6.45, 7) is 0. The van der Waals surface area contributed by atoms with Gasteiger partial charge in [0.15, 0.2) is 0 Å². The molecule has 0 spiro atoms. The number of nitrogens with two attached hydrogens (primary N) is 2. The molecule has 0 heterocycles. The molecule has 0 aliphatic carbocycles. The molecule has 0 saturated heterocycles. The van der Waals surface area contributed by atoms with Crippen molar-refractivity contribution < 1.29 is 9.59 Å². The Bertz CT molecular complexity index is 968. The number of halogens is 2. The molecule has 0 fully saturated rings. The second-order valence-electron chi connectivity index (χ2n) is 5.96. The molecule has 3 aromatic rings. The molecule has 6 N–H and O–H groups in total. The molecular weight excluding hydrogens is 399 g/mol. The van der Waals surface area contributed by atoms with E-state index in [0.29, 0.717) is 43.9 Å². The maximum Gasteiger partial charge on any atom is 0.255 e. The zero-order valence-electron chi connectivity index (χ0n) is 14.5. The molecule has 28 heavy (non-hydrogen) atoms. The standard InChI is InChI=1S/C20H16Cl2N4O2/c21-15-7-5-13(9-17(15)23)25-19(27)11-1-2-12(4-3-11)20(28)26-14-6-8-16(22)18(24)10-14/h1-10H,23-24H2,(H,25,27)(H,26,28). The third-order valence-corrected chi connectivity index (χ3v) is 4.61. The van der Waals surface area contributed by atoms with Crippen molar-refractivity contribution in [1.29, 1.82) is 0 Å². The van der Waals surface area contributed by atoms with E-state index >= 15 is 0 Å². The molecule has 0 aliphatic rings. The van der Waals surface area contributed by atoms with E-state index in [-0.39, 0.29) is 11.8 Å². The lowest BCUT2D eigenvalue weighted by molar-refractivity contribution is 0.101. The van der Waals surface area contributed by atoms with Crippen molar-refractivity contribution >= 4 is 57.8 Å². The predicted octanol–water partition coefficient (Wildman–Crippen LogP) is 4.66. The maximum absolute atomic E-state index is 12.3. The molecule has 2 amide bonds. The lowest BCUT2D eigenvalue weighted by Crippen LogP contribution is -2.14. The Labute approximate surface area is 171 Å². The van der Waals surface area contributed by atoms with Crippen molar-refractivity contribution in [2.75, 3.05) is 22.1 Å². The third-order valence-electron chi connectivity index (χ3n) is 3.92. The summed E-state index contributed by atoms with van der Waals surface area (Å²) in [4.78, 5) is 24.7. The van der Waals surface area contributed by atoms with E-state index < -0.39 is 0 Å². The minimum atomic E-state index is -0.334. The zero-order valence-corrected chi connectivity index (χ0v) is 16.0. The quantitative estimate of drug-likeness (QED) is 0.465. The van der Waals surface area contributed by atoms with Crippen LogP contribution in [0.15, 0.2) is 60.7 Å². The first-order chi connectivity index (χ1) is 13.3. The van der Waals surface area contributed by atoms with Crippen LogP contribution in [0.25, 0.3) is 0 Å². The highest BCUT2D eigenvalue weighted by Gasteiger charge is 2.11. The van der Waals surface area contributed by atoms with Crippen molar-refractivity contribution in [2.45, 2.75) is 0 Å². The van der Waals surface area contributed by atoms with Crippen LogP contribution >= 0.6 is 23.2 Å². The Morgan fingerprint density at radius 1 is 0.643 bits per heavy atom. The van der Waals surface area contributed by atoms with Crippen LogP contribution in [0.2, 0.25) is 10.0 Å². The molecule has 0 aromatic heterocycles. The average molecular weight is 415 g/mol. The highest BCUT2D eigenvalue weighted by atomic mass is 35.5. The first-order valence-corrected chi connectivity index (χ1v) is 8.92. The lowest BCUT2D eigenvalue weighted by atomic mass is 10.1. The van der Waals surface area contributed by atoms with Crippen LogP contribution in [0, 0.1) is 0 Å². The fourth-order valence-electron chi connectivity index (χ4n) is 2.42. The van der Waals surface area contributed by atoms with Crippen LogP contribution in [-0.4, -0.2) is 11.8 Å². The van der Waals surface area contributed by atoms with Gasteiger partial charge in [0.05, 0.1) is 21.4 Å². The summed E-state index contributed by atoms with van der Waals surface area (Å²) in [7, 11) is 0. The first kappa shape index (κ1) is 19.5. The Hall–Kier alpha value is -3.22. The smallest absolute Gasteiger partial charge is 0.255 e. The van der Waals surface area contributed by atoms with E-state index in [2.05, 4.69) is 10.6 Å². The van der Waals surface area contributed by atoms with Crippen LogP contribution in [0.1, 0.15) is 20.7 Å². The molecule has 0 bridgehead atoms. The van der Waals surface area contributed by atoms with E-state index in [1.165, 1.54) is 0 Å². The van der Waals surface area contributed by atoms with Gasteiger partial charge in [-0.3, -0.25) is 9.59 Å². The van der Waals surface area contributed by atoms with Crippen molar-refractivity contribution in [3.05, 3.63) is 81.8 Å². The van der Waals surface area contributed by atoms with Crippen molar-refractivity contribution in [3.63, 3.8) is 0 Å². The molecule has 0 saturated carbocycles. The summed E-state index contributed by atoms with van der Waals surface area (Å²) in [5.41, 5.74) is 14.0. The van der Waals surface area contributed by atoms with Gasteiger partial charge >= 0.3 is 0 Å². The second kappa shape index (κ2) is 8.21. The molecule has 0 unspecified atom stereocenters. The number of carbonyl (C=O) groups excluding carboxylic acids is 2. The molecule has 6 nitrogen and oxygen atoms in total. The van der Waals surface area contributed by atoms with Crippen molar-refractivity contribution in [1.82, 2.24) is 0 Å². The Kier molecular flexibility index (Phi) is 5.73. The highest BCUT2D eigenvalue weighted by Crippen LogP contribution is 2.24. The fourth-order valence-corrected chi connectivity index (χ4v) is 2.66. The van der Waals surface area contributed by atoms with Crippen LogP contribution in [0.3, 0.4) is 0 Å². The van der Waals surface area contributed by atoms with Gasteiger partial charge in [-0.05, 0) is 60.7 Å². The van der Waals surface area contributed by atoms with Gasteiger partial charge in [0.1, 0.15) is 0 Å². The van der Waals surface area contributed by atoms with Gasteiger partial charge in [0, 0.05) is 22.5 Å². The first-order valence-electron chi connectivity index (χ1n) is 8.16. The molecule has 3 rings (SSSR count). The van der Waals surface area contributed by atoms with Gasteiger partial charge in [-0.25, -0.2) is 0 Å². The van der Waals surface area contributed by atoms with E-state index in [1.54, 1.807) is 60.7 Å². The number of carbonyl (C=O) groups is 2. The monoisotopic (exact) mass is 414 g/mol. The summed E-state index contributed by atoms with van der Waals surface area (Å²) >= 11 is 11.7. The largest absolute Gasteiger partial charge is 0.397 e. The number of anilines is 4. The predicted molar refractivity (Wildman–Crippen MR) is 114 cm³/mol. The van der Waals surface area contributed by atoms with E-state index in [9.17, 15) is 9.59 Å². The summed E-state index contributed by atoms with van der Waals surface area (Å²) < 4.78 is 0. The van der Waals surface area contributed by atoms with E-state index in [1.807, 2.05) is 0 Å². The third kappa shape index (κ3) is 4.54. The van der Waals surface area contributed by atoms with Crippen LogP contribution < -0.4 is 22.1 Å². The molecule has 0 atom stereocenters. The Morgan fingerprint density at radius 3 is 1.32 bits per heavy atom. The molecule has 8 heteroatoms. The van der Waals surface area contributed by atoms with Gasteiger partial charge in [0.25, 0.3) is 11.8 Å². The summed E-state index contributed by atoms with van der Waals surface area (Å²) in [5.74, 6) is -0.668. The summed E-state index contributed by atoms with van der Waals surface area (Å²) in [5, 5.41) is 6.27. The molecule has 142 valence electrons. The fraction of sp³-hybridized carbons (Fsp3) is 0. The Morgan fingerprint density at radius 2 is 1.00 bits per heavy atom. The van der Waals surface area contributed by atoms with Gasteiger partial charge in [-0.1, -0.05) is 23.2 Å². The summed E-state index contributed by atoms with van der Waals surface area (Å²) in [6.07, 6.45) is 0. The lowest BCUT2D eigenvalue weighted by Gasteiger charge is -2.09. The number of nitrogen functional groups attached to an aromatic ring is 2. The number of hydrogen-bond acceptors (Lipinski definition) is 4. The highest BCUT2D eigenvalue weighted by molar-refractivity contribution is 6.33. The molecule has 3 aromatic carbocycles. The second-order valence-corrected chi connectivity index (χ2v) is 6.77. The van der Waals surface area contributed by atoms with Crippen LogP contribution in [0.4, 0.5) is 22.7 Å². The number of hydrogen-bond donors (Lipinski definition) is 4. The minimum absolute atomic E-state index is 0.334. The van der Waals surface area contributed by atoms with E-state index in [4.69, 9.17) is 34.7 Å². The summed E-state index contributed by atoms with van der Waals surface area (Å²) in [6, 6.07) is 15.9. The molecule has 0 radical (unpaired) electrons. The van der Waals surface area contributed by atoms with E-state index in [0.717, 1.165) is 0 Å². The number of benzene rings is 3. The van der Waals surface area contributed by atoms with Gasteiger partial charge in [0.2, 0.25) is 0 Å².